The number of nitrogens with one attached hydrogen (secondary N) is 1. The molecule has 2 heterocycles. The smallest absolute Gasteiger partial charge is 0.317 e. The Kier molecular flexibility index (Phi) is 6.41. The fourth-order valence-electron chi connectivity index (χ4n) is 3.47. The summed E-state index contributed by atoms with van der Waals surface area (Å²) in [5, 5.41) is 5.33. The van der Waals surface area contributed by atoms with Crippen molar-refractivity contribution in [2.75, 3.05) is 39.9 Å². The van der Waals surface area contributed by atoms with Gasteiger partial charge in [0.25, 0.3) is 0 Å². The SMILES string of the molecule is CCC(CNC(=O)N(C)Cc1cccc2cnccc12)N1CCOCC1. The first-order valence-corrected chi connectivity index (χ1v) is 9.31. The standard InChI is InChI=1S/C20H28N4O2/c1-3-18(24-9-11-26-12-10-24)14-22-20(25)23(2)15-17-6-4-5-16-13-21-8-7-19(16)17/h4-8,13,18H,3,9-12,14-15H2,1-2H3,(H,22,25). The maximum atomic E-state index is 12.5. The number of urea groups is 1. The zero-order valence-corrected chi connectivity index (χ0v) is 15.6. The van der Waals surface area contributed by atoms with Gasteiger partial charge in [0.1, 0.15) is 0 Å². The van der Waals surface area contributed by atoms with Crippen molar-refractivity contribution >= 4 is 16.8 Å². The van der Waals surface area contributed by atoms with Crippen molar-refractivity contribution in [1.82, 2.24) is 20.1 Å². The molecule has 1 fully saturated rings. The first-order valence-electron chi connectivity index (χ1n) is 9.31. The average Bonchev–Trinajstić information content (AvgIpc) is 2.69. The van der Waals surface area contributed by atoms with Crippen LogP contribution < -0.4 is 5.32 Å². The van der Waals surface area contributed by atoms with Gasteiger partial charge in [-0.1, -0.05) is 25.1 Å². The lowest BCUT2D eigenvalue weighted by Crippen LogP contribution is -2.50. The van der Waals surface area contributed by atoms with Gasteiger partial charge in [0.2, 0.25) is 0 Å². The number of amides is 2. The van der Waals surface area contributed by atoms with Crippen LogP contribution in [0.25, 0.3) is 10.8 Å². The van der Waals surface area contributed by atoms with Crippen molar-refractivity contribution in [3.8, 4) is 0 Å². The summed E-state index contributed by atoms with van der Waals surface area (Å²) in [4.78, 5) is 20.9. The largest absolute Gasteiger partial charge is 0.379 e. The number of hydrogen-bond acceptors (Lipinski definition) is 4. The third kappa shape index (κ3) is 4.51. The summed E-state index contributed by atoms with van der Waals surface area (Å²) in [6.45, 7) is 6.84. The van der Waals surface area contributed by atoms with Crippen LogP contribution in [0.15, 0.2) is 36.7 Å². The van der Waals surface area contributed by atoms with E-state index in [2.05, 4.69) is 28.2 Å². The molecule has 2 aromatic rings. The molecule has 0 radical (unpaired) electrons. The van der Waals surface area contributed by atoms with Gasteiger partial charge < -0.3 is 15.0 Å². The van der Waals surface area contributed by atoms with Crippen LogP contribution >= 0.6 is 0 Å². The predicted molar refractivity (Wildman–Crippen MR) is 103 cm³/mol. The van der Waals surface area contributed by atoms with Crippen molar-refractivity contribution < 1.29 is 9.53 Å². The number of carbonyl (C=O) groups excluding carboxylic acids is 1. The van der Waals surface area contributed by atoms with Gasteiger partial charge in [-0.25, -0.2) is 4.79 Å². The van der Waals surface area contributed by atoms with E-state index in [1.165, 1.54) is 0 Å². The molecule has 1 aromatic carbocycles. The lowest BCUT2D eigenvalue weighted by molar-refractivity contribution is 0.0162. The Bertz CT molecular complexity index is 725. The van der Waals surface area contributed by atoms with Gasteiger partial charge in [0.15, 0.2) is 0 Å². The molecule has 3 rings (SSSR count). The van der Waals surface area contributed by atoms with E-state index in [0.717, 1.165) is 49.1 Å². The van der Waals surface area contributed by atoms with E-state index < -0.39 is 0 Å². The highest BCUT2D eigenvalue weighted by Gasteiger charge is 2.20. The highest BCUT2D eigenvalue weighted by molar-refractivity contribution is 5.85. The average molecular weight is 356 g/mol. The molecule has 1 aromatic heterocycles. The van der Waals surface area contributed by atoms with Gasteiger partial charge >= 0.3 is 6.03 Å². The summed E-state index contributed by atoms with van der Waals surface area (Å²) in [5.41, 5.74) is 1.13. The molecular formula is C20H28N4O2. The Morgan fingerprint density at radius 3 is 2.92 bits per heavy atom. The van der Waals surface area contributed by atoms with Crippen LogP contribution in [0.1, 0.15) is 18.9 Å². The highest BCUT2D eigenvalue weighted by Crippen LogP contribution is 2.18. The number of aromatic nitrogens is 1. The number of benzene rings is 1. The summed E-state index contributed by atoms with van der Waals surface area (Å²) in [6.07, 6.45) is 4.66. The second-order valence-corrected chi connectivity index (χ2v) is 6.77. The zero-order valence-electron chi connectivity index (χ0n) is 15.6. The number of rotatable bonds is 6. The Labute approximate surface area is 155 Å². The Morgan fingerprint density at radius 1 is 1.35 bits per heavy atom. The van der Waals surface area contributed by atoms with Crippen molar-refractivity contribution in [3.63, 3.8) is 0 Å². The number of morpholine rings is 1. The molecule has 6 heteroatoms. The van der Waals surface area contributed by atoms with Gasteiger partial charge in [-0.3, -0.25) is 9.88 Å². The van der Waals surface area contributed by atoms with E-state index >= 15 is 0 Å². The summed E-state index contributed by atoms with van der Waals surface area (Å²) in [5.74, 6) is 0. The van der Waals surface area contributed by atoms with Gasteiger partial charge in [0, 0.05) is 57.0 Å². The monoisotopic (exact) mass is 356 g/mol. The molecule has 1 aliphatic heterocycles. The molecule has 1 atom stereocenters. The van der Waals surface area contributed by atoms with E-state index in [1.54, 1.807) is 11.1 Å². The van der Waals surface area contributed by atoms with Crippen molar-refractivity contribution in [2.24, 2.45) is 0 Å². The zero-order chi connectivity index (χ0) is 18.4. The Morgan fingerprint density at radius 2 is 2.15 bits per heavy atom. The minimum Gasteiger partial charge on any atom is -0.379 e. The second-order valence-electron chi connectivity index (χ2n) is 6.77. The number of fused-ring (bicyclic) bond motifs is 1. The molecule has 26 heavy (non-hydrogen) atoms. The van der Waals surface area contributed by atoms with Crippen LogP contribution in [-0.2, 0) is 11.3 Å². The quantitative estimate of drug-likeness (QED) is 0.864. The molecule has 1 N–H and O–H groups in total. The molecule has 6 nitrogen and oxygen atoms in total. The lowest BCUT2D eigenvalue weighted by atomic mass is 10.1. The molecule has 1 aliphatic rings. The molecule has 0 saturated carbocycles. The van der Waals surface area contributed by atoms with Gasteiger partial charge in [0.05, 0.1) is 13.2 Å². The Hall–Kier alpha value is -2.18. The summed E-state index contributed by atoms with van der Waals surface area (Å²) in [7, 11) is 1.84. The van der Waals surface area contributed by atoms with Gasteiger partial charge in [-0.2, -0.15) is 0 Å². The minimum absolute atomic E-state index is 0.0391. The van der Waals surface area contributed by atoms with Crippen molar-refractivity contribution in [1.29, 1.82) is 0 Å². The predicted octanol–water partition coefficient (Wildman–Crippen LogP) is 2.49. The third-order valence-corrected chi connectivity index (χ3v) is 5.05. The number of pyridine rings is 1. The second kappa shape index (κ2) is 8.96. The first-order chi connectivity index (χ1) is 12.7. The highest BCUT2D eigenvalue weighted by atomic mass is 16.5. The summed E-state index contributed by atoms with van der Waals surface area (Å²) >= 11 is 0. The van der Waals surface area contributed by atoms with E-state index in [4.69, 9.17) is 4.74 Å². The van der Waals surface area contributed by atoms with E-state index in [1.807, 2.05) is 31.4 Å². The van der Waals surface area contributed by atoms with E-state index in [-0.39, 0.29) is 6.03 Å². The van der Waals surface area contributed by atoms with Crippen LogP contribution in [0.5, 0.6) is 0 Å². The van der Waals surface area contributed by atoms with Crippen molar-refractivity contribution in [3.05, 3.63) is 42.2 Å². The number of nitrogens with zero attached hydrogens (tertiary/aromatic N) is 3. The van der Waals surface area contributed by atoms with Crippen LogP contribution in [0, 0.1) is 0 Å². The molecule has 0 bridgehead atoms. The molecule has 1 saturated heterocycles. The molecule has 2 amide bonds. The third-order valence-electron chi connectivity index (χ3n) is 5.05. The lowest BCUT2D eigenvalue weighted by Gasteiger charge is -2.34. The fraction of sp³-hybridized carbons (Fsp3) is 0.500. The molecule has 0 aliphatic carbocycles. The van der Waals surface area contributed by atoms with Crippen LogP contribution in [0.4, 0.5) is 4.79 Å². The number of ether oxygens (including phenoxy) is 1. The van der Waals surface area contributed by atoms with Crippen LogP contribution in [0.2, 0.25) is 0 Å². The van der Waals surface area contributed by atoms with Crippen LogP contribution in [0.3, 0.4) is 0 Å². The summed E-state index contributed by atoms with van der Waals surface area (Å²) < 4.78 is 5.42. The van der Waals surface area contributed by atoms with E-state index in [9.17, 15) is 4.79 Å². The number of carbonyl (C=O) groups is 1. The number of hydrogen-bond donors (Lipinski definition) is 1. The maximum absolute atomic E-state index is 12.5. The van der Waals surface area contributed by atoms with Gasteiger partial charge in [-0.05, 0) is 23.4 Å². The molecule has 1 unspecified atom stereocenters. The Balaban J connectivity index is 1.57. The normalized spacial score (nSPS) is 16.4. The van der Waals surface area contributed by atoms with Crippen molar-refractivity contribution in [2.45, 2.75) is 25.9 Å². The maximum Gasteiger partial charge on any atom is 0.317 e. The molecular weight excluding hydrogens is 328 g/mol. The minimum atomic E-state index is -0.0391. The fourth-order valence-corrected chi connectivity index (χ4v) is 3.47. The topological polar surface area (TPSA) is 57.7 Å². The first kappa shape index (κ1) is 18.6. The van der Waals surface area contributed by atoms with E-state index in [0.29, 0.717) is 19.1 Å². The van der Waals surface area contributed by atoms with Crippen LogP contribution in [-0.4, -0.2) is 66.8 Å². The molecule has 0 spiro atoms. The van der Waals surface area contributed by atoms with Gasteiger partial charge in [-0.15, -0.1) is 0 Å². The summed E-state index contributed by atoms with van der Waals surface area (Å²) in [6, 6.07) is 8.44. The molecule has 140 valence electrons.